The summed E-state index contributed by atoms with van der Waals surface area (Å²) in [6, 6.07) is 51.4. The van der Waals surface area contributed by atoms with Crippen LogP contribution in [0.4, 0.5) is 0 Å². The molecule has 0 aliphatic carbocycles. The summed E-state index contributed by atoms with van der Waals surface area (Å²) in [5, 5.41) is 11.7. The van der Waals surface area contributed by atoms with Crippen LogP contribution in [0.3, 0.4) is 0 Å². The van der Waals surface area contributed by atoms with Crippen molar-refractivity contribution < 1.29 is 30.6 Å². The van der Waals surface area contributed by atoms with Crippen molar-refractivity contribution >= 4 is 22.0 Å². The third-order valence-corrected chi connectivity index (χ3v) is 10.1. The van der Waals surface area contributed by atoms with Crippen LogP contribution in [-0.4, -0.2) is 15.1 Å². The van der Waals surface area contributed by atoms with Gasteiger partial charge in [-0.05, 0) is 52.4 Å². The second-order valence-corrected chi connectivity index (χ2v) is 14.0. The maximum atomic E-state index is 10.6. The fraction of sp³-hybridized carbons (Fsp3) is 0.130. The van der Waals surface area contributed by atoms with Crippen LogP contribution in [0.5, 0.6) is 5.75 Å². The normalized spacial score (nSPS) is 11.8. The Bertz CT molecular complexity index is 2500. The van der Waals surface area contributed by atoms with Gasteiger partial charge in [0.25, 0.3) is 0 Å². The Morgan fingerprint density at radius 2 is 1.14 bits per heavy atom. The predicted molar refractivity (Wildman–Crippen MR) is 203 cm³/mol. The van der Waals surface area contributed by atoms with Crippen molar-refractivity contribution in [2.45, 2.75) is 38.5 Å². The van der Waals surface area contributed by atoms with Gasteiger partial charge in [0.1, 0.15) is 11.3 Å². The third kappa shape index (κ3) is 6.19. The minimum atomic E-state index is -0.331. The van der Waals surface area contributed by atoms with Gasteiger partial charge in [-0.1, -0.05) is 136 Å². The molecule has 8 rings (SSSR count). The Kier molecular flexibility index (Phi) is 8.99. The first-order valence-electron chi connectivity index (χ1n) is 17.0. The SMILES string of the molecule is CC(C)(c1ccccc1)c1cc(-c2cc(C(C)(C)c3ccccc3)cc3cccnc23)[c-]c(-c2cccc3oc(-c4ccccc4O)nc23)c1.[Pt]. The van der Waals surface area contributed by atoms with E-state index in [1.54, 1.807) is 12.1 Å². The molecule has 8 aromatic rings. The molecular weight excluding hydrogens is 808 g/mol. The van der Waals surface area contributed by atoms with Crippen LogP contribution in [0.1, 0.15) is 49.9 Å². The van der Waals surface area contributed by atoms with Gasteiger partial charge in [-0.2, -0.15) is 0 Å². The summed E-state index contributed by atoms with van der Waals surface area (Å²) >= 11 is 0. The molecule has 0 spiro atoms. The molecule has 6 aromatic carbocycles. The van der Waals surface area contributed by atoms with Gasteiger partial charge in [-0.3, -0.25) is 4.98 Å². The van der Waals surface area contributed by atoms with E-state index in [0.29, 0.717) is 22.6 Å². The van der Waals surface area contributed by atoms with E-state index in [0.717, 1.165) is 38.7 Å². The Morgan fingerprint density at radius 1 is 0.549 bits per heavy atom. The Hall–Kier alpha value is -5.31. The van der Waals surface area contributed by atoms with E-state index in [1.807, 2.05) is 36.5 Å². The van der Waals surface area contributed by atoms with E-state index < -0.39 is 0 Å². The minimum absolute atomic E-state index is 0. The fourth-order valence-corrected chi connectivity index (χ4v) is 6.96. The number of rotatable bonds is 7. The Balaban J connectivity index is 0.00000406. The molecule has 51 heavy (non-hydrogen) atoms. The second-order valence-electron chi connectivity index (χ2n) is 14.0. The molecule has 2 aromatic heterocycles. The third-order valence-electron chi connectivity index (χ3n) is 10.1. The number of aromatic hydroxyl groups is 1. The molecule has 0 bridgehead atoms. The van der Waals surface area contributed by atoms with Gasteiger partial charge in [0, 0.05) is 43.6 Å². The number of oxazole rings is 1. The summed E-state index contributed by atoms with van der Waals surface area (Å²) in [5.41, 5.74) is 10.8. The number of fused-ring (bicyclic) bond motifs is 2. The van der Waals surface area contributed by atoms with E-state index >= 15 is 0 Å². The molecule has 0 amide bonds. The number of pyridine rings is 1. The summed E-state index contributed by atoms with van der Waals surface area (Å²) in [5.74, 6) is 0.497. The number of benzene rings is 6. The molecule has 1 N–H and O–H groups in total. The van der Waals surface area contributed by atoms with Crippen LogP contribution >= 0.6 is 0 Å². The fourth-order valence-electron chi connectivity index (χ4n) is 6.96. The van der Waals surface area contributed by atoms with Gasteiger partial charge in [-0.15, -0.1) is 34.9 Å². The zero-order valence-corrected chi connectivity index (χ0v) is 31.2. The van der Waals surface area contributed by atoms with Crippen LogP contribution in [0.15, 0.2) is 150 Å². The molecule has 0 fully saturated rings. The van der Waals surface area contributed by atoms with E-state index in [1.165, 1.54) is 16.7 Å². The maximum absolute atomic E-state index is 10.6. The van der Waals surface area contributed by atoms with Crippen LogP contribution in [0.25, 0.3) is 55.7 Å². The number of phenolic OH excluding ortho intramolecular Hbond substituents is 1. The molecule has 0 radical (unpaired) electrons. The number of hydrogen-bond acceptors (Lipinski definition) is 4. The largest absolute Gasteiger partial charge is 0.507 e. The molecule has 4 nitrogen and oxygen atoms in total. The van der Waals surface area contributed by atoms with E-state index in [9.17, 15) is 5.11 Å². The summed E-state index contributed by atoms with van der Waals surface area (Å²) in [7, 11) is 0. The first kappa shape index (κ1) is 34.2. The molecular formula is C46H37N2O2Pt-. The van der Waals surface area contributed by atoms with Crippen molar-refractivity contribution in [2.24, 2.45) is 0 Å². The number of hydrogen-bond donors (Lipinski definition) is 1. The smallest absolute Gasteiger partial charge is 0.230 e. The Morgan fingerprint density at radius 3 is 1.80 bits per heavy atom. The molecule has 254 valence electrons. The second kappa shape index (κ2) is 13.4. The Labute approximate surface area is 313 Å². The standard InChI is InChI=1S/C46H37N2O2.Pt/c1-45(2,33-16-7-5-8-17-33)35-27-31(37-21-13-23-41-43(37)48-44(50-41)38-20-11-12-22-40(38)49)25-32(28-35)39-29-36(26-30-15-14-24-47-42(30)39)46(3,4)34-18-9-6-10-19-34;/h5-24,26-29,49H,1-4H3;/q-1;. The van der Waals surface area contributed by atoms with E-state index in [2.05, 4.69) is 131 Å². The molecule has 0 aliphatic heterocycles. The van der Waals surface area contributed by atoms with Crippen molar-refractivity contribution in [1.29, 1.82) is 0 Å². The van der Waals surface area contributed by atoms with Crippen molar-refractivity contribution in [2.75, 3.05) is 0 Å². The summed E-state index contributed by atoms with van der Waals surface area (Å²) in [6.45, 7) is 9.09. The van der Waals surface area contributed by atoms with Gasteiger partial charge in [0.05, 0.1) is 11.1 Å². The van der Waals surface area contributed by atoms with E-state index in [4.69, 9.17) is 14.4 Å². The summed E-state index contributed by atoms with van der Waals surface area (Å²) < 4.78 is 6.24. The van der Waals surface area contributed by atoms with Gasteiger partial charge in [0.2, 0.25) is 5.89 Å². The number of para-hydroxylation sites is 2. The zero-order valence-electron chi connectivity index (χ0n) is 28.9. The average Bonchev–Trinajstić information content (AvgIpc) is 3.59. The minimum Gasteiger partial charge on any atom is -0.507 e. The van der Waals surface area contributed by atoms with Gasteiger partial charge in [0.15, 0.2) is 0 Å². The molecule has 0 aliphatic rings. The van der Waals surface area contributed by atoms with Gasteiger partial charge < -0.3 is 9.52 Å². The topological polar surface area (TPSA) is 59.2 Å². The van der Waals surface area contributed by atoms with Crippen LogP contribution < -0.4 is 0 Å². The number of nitrogens with zero attached hydrogens (tertiary/aromatic N) is 2. The average molecular weight is 845 g/mol. The molecule has 0 unspecified atom stereocenters. The van der Waals surface area contributed by atoms with Gasteiger partial charge in [-0.25, -0.2) is 4.98 Å². The summed E-state index contributed by atoms with van der Waals surface area (Å²) in [6.07, 6.45) is 1.86. The summed E-state index contributed by atoms with van der Waals surface area (Å²) in [4.78, 5) is 9.87. The first-order chi connectivity index (χ1) is 24.2. The van der Waals surface area contributed by atoms with Crippen molar-refractivity contribution in [3.05, 3.63) is 174 Å². The molecule has 2 heterocycles. The molecule has 0 saturated carbocycles. The molecule has 5 heteroatoms. The van der Waals surface area contributed by atoms with Crippen molar-refractivity contribution in [3.8, 4) is 39.5 Å². The monoisotopic (exact) mass is 844 g/mol. The van der Waals surface area contributed by atoms with Crippen molar-refractivity contribution in [1.82, 2.24) is 9.97 Å². The zero-order chi connectivity index (χ0) is 34.5. The van der Waals surface area contributed by atoms with Crippen LogP contribution in [0.2, 0.25) is 0 Å². The van der Waals surface area contributed by atoms with E-state index in [-0.39, 0.29) is 37.6 Å². The van der Waals surface area contributed by atoms with Gasteiger partial charge >= 0.3 is 0 Å². The first-order valence-corrected chi connectivity index (χ1v) is 17.0. The maximum Gasteiger partial charge on any atom is 0.230 e. The predicted octanol–water partition coefficient (Wildman–Crippen LogP) is 11.5. The number of phenols is 1. The van der Waals surface area contributed by atoms with Crippen molar-refractivity contribution in [3.63, 3.8) is 0 Å². The number of aromatic nitrogens is 2. The molecule has 0 saturated heterocycles. The molecule has 0 atom stereocenters. The van der Waals surface area contributed by atoms with Crippen LogP contribution in [0, 0.1) is 6.07 Å². The quantitative estimate of drug-likeness (QED) is 0.162. The van der Waals surface area contributed by atoms with Crippen LogP contribution in [-0.2, 0) is 31.9 Å².